The molecule has 2 aromatic rings. The average Bonchev–Trinajstić information content (AvgIpc) is 3.47. The van der Waals surface area contributed by atoms with Crippen LogP contribution in [0.5, 0.6) is 5.75 Å². The first kappa shape index (κ1) is 26.4. The van der Waals surface area contributed by atoms with E-state index in [1.165, 1.54) is 10.7 Å². The molecule has 1 aliphatic heterocycles. The van der Waals surface area contributed by atoms with Gasteiger partial charge in [0.25, 0.3) is 5.91 Å². The molecule has 1 spiro atoms. The van der Waals surface area contributed by atoms with Crippen LogP contribution in [0.4, 0.5) is 23.4 Å². The lowest BCUT2D eigenvalue weighted by Gasteiger charge is -2.35. The number of hydrogen-bond acceptors (Lipinski definition) is 6. The van der Waals surface area contributed by atoms with E-state index in [1.54, 1.807) is 0 Å². The van der Waals surface area contributed by atoms with Crippen LogP contribution < -0.4 is 15.4 Å². The van der Waals surface area contributed by atoms with Gasteiger partial charge in [-0.25, -0.2) is 17.5 Å². The summed E-state index contributed by atoms with van der Waals surface area (Å²) in [6, 6.07) is 2.58. The van der Waals surface area contributed by atoms with Gasteiger partial charge >= 0.3 is 6.18 Å². The van der Waals surface area contributed by atoms with Crippen LogP contribution in [0, 0.1) is 11.7 Å². The molecular formula is C24H26F4N4O5S. The van der Waals surface area contributed by atoms with Gasteiger partial charge in [-0.1, -0.05) is 18.9 Å². The van der Waals surface area contributed by atoms with Crippen molar-refractivity contribution < 1.29 is 40.3 Å². The highest BCUT2D eigenvalue weighted by molar-refractivity contribution is 7.91. The maximum absolute atomic E-state index is 15.1. The number of hydrogen-bond donors (Lipinski definition) is 2. The summed E-state index contributed by atoms with van der Waals surface area (Å²) < 4.78 is 82.1. The fraction of sp³-hybridized carbons (Fsp3) is 0.542. The fourth-order valence-corrected chi connectivity index (χ4v) is 5.79. The Labute approximate surface area is 215 Å². The molecule has 1 aromatic heterocycles. The summed E-state index contributed by atoms with van der Waals surface area (Å²) in [5.74, 6) is -2.89. The monoisotopic (exact) mass is 558 g/mol. The van der Waals surface area contributed by atoms with Gasteiger partial charge in [0.05, 0.1) is 11.2 Å². The van der Waals surface area contributed by atoms with Crippen molar-refractivity contribution in [3.05, 3.63) is 40.3 Å². The summed E-state index contributed by atoms with van der Waals surface area (Å²) in [7, 11) is -3.61. The predicted octanol–water partition coefficient (Wildman–Crippen LogP) is 2.87. The van der Waals surface area contributed by atoms with E-state index in [0.717, 1.165) is 31.6 Å². The lowest BCUT2D eigenvalue weighted by atomic mass is 9.82. The van der Waals surface area contributed by atoms with Crippen LogP contribution >= 0.6 is 0 Å². The molecule has 1 atom stereocenters. The Morgan fingerprint density at radius 3 is 2.71 bits per heavy atom. The number of benzene rings is 1. The van der Waals surface area contributed by atoms with Gasteiger partial charge in [0.2, 0.25) is 5.91 Å². The minimum Gasteiger partial charge on any atom is -0.481 e. The van der Waals surface area contributed by atoms with Crippen molar-refractivity contribution >= 4 is 27.5 Å². The van der Waals surface area contributed by atoms with Crippen molar-refractivity contribution in [2.45, 2.75) is 56.8 Å². The molecule has 14 heteroatoms. The third-order valence-corrected chi connectivity index (χ3v) is 7.87. The number of aromatic nitrogens is 2. The molecule has 9 nitrogen and oxygen atoms in total. The van der Waals surface area contributed by atoms with Gasteiger partial charge in [-0.2, -0.15) is 18.3 Å². The van der Waals surface area contributed by atoms with Gasteiger partial charge in [-0.05, 0) is 42.4 Å². The number of amides is 2. The Balaban J connectivity index is 1.46. The summed E-state index contributed by atoms with van der Waals surface area (Å²) in [6.07, 6.45) is -0.134. The Hall–Kier alpha value is -3.16. The minimum atomic E-state index is -4.62. The smallest absolute Gasteiger partial charge is 0.422 e. The molecule has 2 heterocycles. The Kier molecular flexibility index (Phi) is 6.43. The molecular weight excluding hydrogens is 532 g/mol. The third kappa shape index (κ3) is 5.36. The van der Waals surface area contributed by atoms with Gasteiger partial charge in [-0.15, -0.1) is 0 Å². The van der Waals surface area contributed by atoms with Crippen molar-refractivity contribution in [2.75, 3.05) is 23.9 Å². The number of carbonyl (C=O) groups excluding carboxylic acids is 2. The molecule has 1 fully saturated rings. The average molecular weight is 559 g/mol. The third-order valence-electron chi connectivity index (χ3n) is 7.09. The van der Waals surface area contributed by atoms with Crippen LogP contribution in [0.25, 0.3) is 0 Å². The van der Waals surface area contributed by atoms with Crippen LogP contribution in [-0.4, -0.2) is 54.8 Å². The van der Waals surface area contributed by atoms with Crippen LogP contribution in [0.2, 0.25) is 0 Å². The number of sulfone groups is 1. The van der Waals surface area contributed by atoms with Crippen molar-refractivity contribution in [3.63, 3.8) is 0 Å². The van der Waals surface area contributed by atoms with Crippen molar-refractivity contribution in [2.24, 2.45) is 5.92 Å². The van der Waals surface area contributed by atoms with E-state index < -0.39 is 57.3 Å². The standard InChI is InChI=1S/C24H26F4N4O5S/c1-38(35,36)11-18(33)29-21-19-16(31-32(21)9-7-13-2-3-13)10-23(30-22(19)34)8-6-14-15(23)4-5-17(20(14)25)37-12-24(26,27)28/h4-5,13H,2-3,6-12H2,1H3,(H,29,33)(H,30,34)/t23-/m0/s1. The molecule has 206 valence electrons. The quantitative estimate of drug-likeness (QED) is 0.481. The molecule has 2 aliphatic carbocycles. The molecule has 5 rings (SSSR count). The Morgan fingerprint density at radius 2 is 2.05 bits per heavy atom. The van der Waals surface area contributed by atoms with Crippen LogP contribution in [0.1, 0.15) is 52.9 Å². The zero-order valence-corrected chi connectivity index (χ0v) is 21.3. The van der Waals surface area contributed by atoms with Gasteiger partial charge in [0.15, 0.2) is 28.0 Å². The first-order chi connectivity index (χ1) is 17.7. The summed E-state index contributed by atoms with van der Waals surface area (Å²) in [5, 5.41) is 10.0. The number of nitrogens with one attached hydrogen (secondary N) is 2. The van der Waals surface area contributed by atoms with E-state index in [1.807, 2.05) is 0 Å². The summed E-state index contributed by atoms with van der Waals surface area (Å²) in [4.78, 5) is 25.8. The van der Waals surface area contributed by atoms with Gasteiger partial charge < -0.3 is 15.4 Å². The first-order valence-electron chi connectivity index (χ1n) is 12.2. The van der Waals surface area contributed by atoms with Gasteiger partial charge in [-0.3, -0.25) is 9.59 Å². The highest BCUT2D eigenvalue weighted by Gasteiger charge is 2.48. The van der Waals surface area contributed by atoms with Crippen LogP contribution in [-0.2, 0) is 39.6 Å². The Bertz CT molecular complexity index is 1420. The van der Waals surface area contributed by atoms with Crippen LogP contribution in [0.15, 0.2) is 12.1 Å². The van der Waals surface area contributed by atoms with Crippen LogP contribution in [0.3, 0.4) is 0 Å². The van der Waals surface area contributed by atoms with Crippen molar-refractivity contribution in [1.29, 1.82) is 0 Å². The molecule has 38 heavy (non-hydrogen) atoms. The van der Waals surface area contributed by atoms with Gasteiger partial charge in [0.1, 0.15) is 17.1 Å². The maximum atomic E-state index is 15.1. The number of anilines is 1. The van der Waals surface area contributed by atoms with E-state index in [4.69, 9.17) is 0 Å². The maximum Gasteiger partial charge on any atom is 0.422 e. The SMILES string of the molecule is CS(=O)(=O)CC(=O)Nc1c2c(nn1CCC1CC1)C[C@]1(CCc3c1ccc(OCC(F)(F)F)c3F)NC2=O. The highest BCUT2D eigenvalue weighted by atomic mass is 32.2. The summed E-state index contributed by atoms with van der Waals surface area (Å²) >= 11 is 0. The zero-order valence-electron chi connectivity index (χ0n) is 20.5. The van der Waals surface area contributed by atoms with Crippen molar-refractivity contribution in [1.82, 2.24) is 15.1 Å². The molecule has 0 bridgehead atoms. The predicted molar refractivity (Wildman–Crippen MR) is 127 cm³/mol. The molecule has 0 unspecified atom stereocenters. The molecule has 2 N–H and O–H groups in total. The molecule has 2 amide bonds. The lowest BCUT2D eigenvalue weighted by molar-refractivity contribution is -0.153. The van der Waals surface area contributed by atoms with E-state index in [0.29, 0.717) is 23.7 Å². The Morgan fingerprint density at radius 1 is 1.32 bits per heavy atom. The summed E-state index contributed by atoms with van der Waals surface area (Å²) in [5.41, 5.74) is 0.0518. The second kappa shape index (κ2) is 9.24. The highest BCUT2D eigenvalue weighted by Crippen LogP contribution is 2.46. The second-order valence-corrected chi connectivity index (χ2v) is 12.4. The lowest BCUT2D eigenvalue weighted by Crippen LogP contribution is -2.50. The minimum absolute atomic E-state index is 0.113. The number of rotatable bonds is 8. The number of fused-ring (bicyclic) bond motifs is 3. The molecule has 1 aromatic carbocycles. The van der Waals surface area contributed by atoms with Gasteiger partial charge in [0, 0.05) is 19.2 Å². The van der Waals surface area contributed by atoms with E-state index in [9.17, 15) is 31.2 Å². The molecule has 3 aliphatic rings. The van der Waals surface area contributed by atoms with E-state index >= 15 is 4.39 Å². The second-order valence-electron chi connectivity index (χ2n) is 10.3. The fourth-order valence-electron chi connectivity index (χ4n) is 5.24. The number of aryl methyl sites for hydroxylation is 1. The largest absolute Gasteiger partial charge is 0.481 e. The molecule has 0 radical (unpaired) electrons. The normalized spacial score (nSPS) is 20.7. The number of nitrogens with zero attached hydrogens (tertiary/aromatic N) is 2. The molecule has 1 saturated carbocycles. The molecule has 0 saturated heterocycles. The number of ether oxygens (including phenoxy) is 1. The zero-order chi connectivity index (χ0) is 27.5. The van der Waals surface area contributed by atoms with E-state index in [-0.39, 0.29) is 36.2 Å². The topological polar surface area (TPSA) is 119 Å². The summed E-state index contributed by atoms with van der Waals surface area (Å²) in [6.45, 7) is -1.21. The van der Waals surface area contributed by atoms with Crippen molar-refractivity contribution in [3.8, 4) is 5.75 Å². The first-order valence-corrected chi connectivity index (χ1v) is 14.2. The number of alkyl halides is 3. The number of carbonyl (C=O) groups is 2. The van der Waals surface area contributed by atoms with E-state index in [2.05, 4.69) is 20.5 Å². The number of halogens is 4.